The number of hydrogen-bond acceptors (Lipinski definition) is 3. The lowest BCUT2D eigenvalue weighted by Gasteiger charge is -2.10. The van der Waals surface area contributed by atoms with Gasteiger partial charge in [0.1, 0.15) is 12.4 Å². The largest absolute Gasteiger partial charge is 0.491 e. The van der Waals surface area contributed by atoms with E-state index in [9.17, 15) is 8.42 Å². The highest BCUT2D eigenvalue weighted by molar-refractivity contribution is 7.90. The third kappa shape index (κ3) is 4.20. The molecule has 0 unspecified atom stereocenters. The summed E-state index contributed by atoms with van der Waals surface area (Å²) in [4.78, 5) is 0. The molecule has 0 spiro atoms. The molecule has 16 heavy (non-hydrogen) atoms. The SMILES string of the molecule is CS(=O)(=O)CCOc1c(Cl)cccc1CCl. The minimum absolute atomic E-state index is 0.0417. The third-order valence-corrected chi connectivity index (χ3v) is 3.39. The van der Waals surface area contributed by atoms with Crippen LogP contribution in [-0.2, 0) is 15.7 Å². The molecule has 0 aliphatic heterocycles. The van der Waals surface area contributed by atoms with Crippen molar-refractivity contribution in [1.29, 1.82) is 0 Å². The van der Waals surface area contributed by atoms with Crippen LogP contribution in [0.15, 0.2) is 18.2 Å². The molecule has 3 nitrogen and oxygen atoms in total. The van der Waals surface area contributed by atoms with E-state index < -0.39 is 9.84 Å². The molecular weight excluding hydrogens is 271 g/mol. The molecule has 0 fully saturated rings. The van der Waals surface area contributed by atoms with Crippen molar-refractivity contribution in [1.82, 2.24) is 0 Å². The molecule has 1 aromatic carbocycles. The first-order chi connectivity index (χ1) is 7.44. The number of benzene rings is 1. The van der Waals surface area contributed by atoms with E-state index in [4.69, 9.17) is 27.9 Å². The topological polar surface area (TPSA) is 43.4 Å². The highest BCUT2D eigenvalue weighted by Gasteiger charge is 2.09. The normalized spacial score (nSPS) is 11.4. The maximum Gasteiger partial charge on any atom is 0.150 e. The minimum atomic E-state index is -3.03. The van der Waals surface area contributed by atoms with E-state index in [1.807, 2.05) is 0 Å². The summed E-state index contributed by atoms with van der Waals surface area (Å²) < 4.78 is 27.2. The maximum absolute atomic E-state index is 10.9. The average Bonchev–Trinajstić information content (AvgIpc) is 2.18. The molecule has 0 atom stereocenters. The Morgan fingerprint density at radius 2 is 2.06 bits per heavy atom. The van der Waals surface area contributed by atoms with Crippen molar-refractivity contribution in [3.8, 4) is 5.75 Å². The first-order valence-electron chi connectivity index (χ1n) is 4.58. The number of hydrogen-bond donors (Lipinski definition) is 0. The first kappa shape index (κ1) is 13.6. The Morgan fingerprint density at radius 1 is 1.38 bits per heavy atom. The predicted octanol–water partition coefficient (Wildman–Crippen LogP) is 2.50. The molecule has 0 aliphatic carbocycles. The van der Waals surface area contributed by atoms with Gasteiger partial charge in [-0.1, -0.05) is 23.7 Å². The number of rotatable bonds is 5. The molecule has 0 saturated heterocycles. The van der Waals surface area contributed by atoms with Crippen LogP contribution >= 0.6 is 23.2 Å². The molecule has 1 rings (SSSR count). The van der Waals surface area contributed by atoms with Crippen LogP contribution in [0.1, 0.15) is 5.56 Å². The number of alkyl halides is 1. The van der Waals surface area contributed by atoms with Gasteiger partial charge in [-0.2, -0.15) is 0 Å². The van der Waals surface area contributed by atoms with Crippen molar-refractivity contribution >= 4 is 33.0 Å². The van der Waals surface area contributed by atoms with Crippen molar-refractivity contribution in [3.05, 3.63) is 28.8 Å². The van der Waals surface area contributed by atoms with E-state index in [1.165, 1.54) is 0 Å². The van der Waals surface area contributed by atoms with Crippen molar-refractivity contribution in [2.45, 2.75) is 5.88 Å². The molecule has 0 aliphatic rings. The van der Waals surface area contributed by atoms with E-state index in [-0.39, 0.29) is 18.2 Å². The summed E-state index contributed by atoms with van der Waals surface area (Å²) >= 11 is 11.6. The summed E-state index contributed by atoms with van der Waals surface area (Å²) in [5.74, 6) is 0.692. The van der Waals surface area contributed by atoms with Crippen LogP contribution in [0.3, 0.4) is 0 Å². The molecule has 90 valence electrons. The van der Waals surface area contributed by atoms with Crippen molar-refractivity contribution in [2.75, 3.05) is 18.6 Å². The van der Waals surface area contributed by atoms with Gasteiger partial charge in [-0.3, -0.25) is 0 Å². The Hall–Kier alpha value is -0.450. The Labute approximate surface area is 105 Å². The lowest BCUT2D eigenvalue weighted by atomic mass is 10.2. The van der Waals surface area contributed by atoms with Crippen LogP contribution < -0.4 is 4.74 Å². The van der Waals surface area contributed by atoms with Gasteiger partial charge in [0.2, 0.25) is 0 Å². The van der Waals surface area contributed by atoms with Crippen LogP contribution in [0, 0.1) is 0 Å². The van der Waals surface area contributed by atoms with Gasteiger partial charge in [0.05, 0.1) is 16.7 Å². The molecule has 0 saturated carbocycles. The van der Waals surface area contributed by atoms with E-state index in [2.05, 4.69) is 0 Å². The van der Waals surface area contributed by atoms with Gasteiger partial charge in [0.25, 0.3) is 0 Å². The Bertz CT molecular complexity index is 457. The molecule has 0 radical (unpaired) electrons. The van der Waals surface area contributed by atoms with Gasteiger partial charge in [-0.25, -0.2) is 8.42 Å². The highest BCUT2D eigenvalue weighted by atomic mass is 35.5. The number of para-hydroxylation sites is 1. The van der Waals surface area contributed by atoms with Crippen molar-refractivity contribution in [2.24, 2.45) is 0 Å². The Kier molecular flexibility index (Phi) is 4.89. The fourth-order valence-electron chi connectivity index (χ4n) is 1.12. The van der Waals surface area contributed by atoms with E-state index in [1.54, 1.807) is 18.2 Å². The quantitative estimate of drug-likeness (QED) is 0.780. The maximum atomic E-state index is 10.9. The number of halogens is 2. The van der Waals surface area contributed by atoms with Gasteiger partial charge in [0, 0.05) is 11.8 Å². The van der Waals surface area contributed by atoms with Crippen LogP contribution in [0.25, 0.3) is 0 Å². The lowest BCUT2D eigenvalue weighted by molar-refractivity contribution is 0.338. The molecule has 1 aromatic rings. The van der Waals surface area contributed by atoms with Gasteiger partial charge < -0.3 is 4.74 Å². The molecule has 6 heteroatoms. The summed E-state index contributed by atoms with van der Waals surface area (Å²) in [6.07, 6.45) is 1.16. The van der Waals surface area contributed by atoms with E-state index >= 15 is 0 Å². The first-order valence-corrected chi connectivity index (χ1v) is 7.55. The average molecular weight is 283 g/mol. The number of ether oxygens (including phenoxy) is 1. The van der Waals surface area contributed by atoms with Gasteiger partial charge in [-0.15, -0.1) is 11.6 Å². The molecule has 0 N–H and O–H groups in total. The second-order valence-corrected chi connectivity index (χ2v) is 6.27. The summed E-state index contributed by atoms with van der Waals surface area (Å²) in [6, 6.07) is 5.23. The summed E-state index contributed by atoms with van der Waals surface area (Å²) in [6.45, 7) is 0.0758. The standard InChI is InChI=1S/C10H12Cl2O3S/c1-16(13,14)6-5-15-10-8(7-11)3-2-4-9(10)12/h2-4H,5-7H2,1H3. The summed E-state index contributed by atoms with van der Waals surface area (Å²) in [7, 11) is -3.03. The van der Waals surface area contributed by atoms with Crippen LogP contribution in [-0.4, -0.2) is 27.0 Å². The van der Waals surface area contributed by atoms with Gasteiger partial charge >= 0.3 is 0 Å². The second-order valence-electron chi connectivity index (χ2n) is 3.34. The van der Waals surface area contributed by atoms with E-state index in [0.29, 0.717) is 10.8 Å². The molecule has 0 aromatic heterocycles. The lowest BCUT2D eigenvalue weighted by Crippen LogP contribution is -2.12. The zero-order valence-corrected chi connectivity index (χ0v) is 11.1. The fraction of sp³-hybridized carbons (Fsp3) is 0.400. The highest BCUT2D eigenvalue weighted by Crippen LogP contribution is 2.29. The minimum Gasteiger partial charge on any atom is -0.491 e. The Balaban J connectivity index is 2.73. The van der Waals surface area contributed by atoms with Gasteiger partial charge in [-0.05, 0) is 6.07 Å². The van der Waals surface area contributed by atoms with Crippen LogP contribution in [0.2, 0.25) is 5.02 Å². The van der Waals surface area contributed by atoms with Crippen LogP contribution in [0.4, 0.5) is 0 Å². The number of sulfone groups is 1. The zero-order valence-electron chi connectivity index (χ0n) is 8.74. The molecule has 0 amide bonds. The predicted molar refractivity (Wildman–Crippen MR) is 66.2 cm³/mol. The third-order valence-electron chi connectivity index (χ3n) is 1.89. The molecule has 0 heterocycles. The van der Waals surface area contributed by atoms with Crippen molar-refractivity contribution < 1.29 is 13.2 Å². The Morgan fingerprint density at radius 3 is 2.62 bits per heavy atom. The van der Waals surface area contributed by atoms with E-state index in [0.717, 1.165) is 11.8 Å². The monoisotopic (exact) mass is 282 g/mol. The summed E-state index contributed by atoms with van der Waals surface area (Å²) in [5.41, 5.74) is 0.752. The smallest absolute Gasteiger partial charge is 0.150 e. The summed E-state index contributed by atoms with van der Waals surface area (Å²) in [5, 5.41) is 0.437. The van der Waals surface area contributed by atoms with Crippen molar-refractivity contribution in [3.63, 3.8) is 0 Å². The molecule has 0 bridgehead atoms. The molecular formula is C10H12Cl2O3S. The van der Waals surface area contributed by atoms with Gasteiger partial charge in [0.15, 0.2) is 9.84 Å². The fourth-order valence-corrected chi connectivity index (χ4v) is 1.96. The second kappa shape index (κ2) is 5.75. The van der Waals surface area contributed by atoms with Crippen LogP contribution in [0.5, 0.6) is 5.75 Å². The zero-order chi connectivity index (χ0) is 12.2.